The molecule has 8 bridgehead atoms. The molecule has 4 saturated carbocycles. The Morgan fingerprint density at radius 2 is 0.581 bits per heavy atom. The molecule has 9 aliphatic rings. The quantitative estimate of drug-likeness (QED) is 0.165. The Kier molecular flexibility index (Phi) is 9.57. The molecule has 5 heterocycles. The van der Waals surface area contributed by atoms with Crippen LogP contribution < -0.4 is 42.5 Å². The SMILES string of the molecule is O.OC1CCCC2C3NC4NC(NC5NC(NC6NC(NC(N3)C12)C1CCCCC61)C1CCCCC51)C1CCCCC41.[AlH3]. The van der Waals surface area contributed by atoms with E-state index < -0.39 is 0 Å². The molecule has 0 aromatic rings. The topological polar surface area (TPSA) is 148 Å². The van der Waals surface area contributed by atoms with E-state index in [1.54, 1.807) is 0 Å². The molecule has 0 radical (unpaired) electrons. The first-order valence-electron chi connectivity index (χ1n) is 18.0. The Hall–Kier alpha value is 0.132. The second-order valence-electron chi connectivity index (χ2n) is 15.7. The second kappa shape index (κ2) is 13.0. The van der Waals surface area contributed by atoms with Gasteiger partial charge in [-0.15, -0.1) is 0 Å². The fourth-order valence-electron chi connectivity index (χ4n) is 12.0. The molecule has 0 aromatic heterocycles. The lowest BCUT2D eigenvalue weighted by Gasteiger charge is -2.37. The molecule has 43 heavy (non-hydrogen) atoms. The van der Waals surface area contributed by atoms with E-state index in [0.717, 1.165) is 12.8 Å². The number of nitrogens with one attached hydrogen (secondary N) is 8. The normalized spacial score (nSPS) is 55.6. The predicted octanol–water partition coefficient (Wildman–Crippen LogP) is -0.432. The van der Waals surface area contributed by atoms with Crippen LogP contribution in [0, 0.1) is 47.3 Å². The summed E-state index contributed by atoms with van der Waals surface area (Å²) in [5, 5.41) is 44.6. The Labute approximate surface area is 269 Å². The van der Waals surface area contributed by atoms with Crippen LogP contribution in [0.3, 0.4) is 0 Å². The second-order valence-corrected chi connectivity index (χ2v) is 15.7. The molecule has 11 heteroatoms. The molecular formula is C32H61AlN8O2. The molecule has 5 saturated heterocycles. The van der Waals surface area contributed by atoms with E-state index in [1.807, 2.05) is 0 Å². The van der Waals surface area contributed by atoms with Gasteiger partial charge in [0.25, 0.3) is 0 Å². The molecule has 9 rings (SSSR count). The van der Waals surface area contributed by atoms with E-state index in [-0.39, 0.29) is 47.2 Å². The molecule has 9 fully saturated rings. The minimum Gasteiger partial charge on any atom is -0.412 e. The van der Waals surface area contributed by atoms with E-state index in [2.05, 4.69) is 42.5 Å². The minimum absolute atomic E-state index is 0. The summed E-state index contributed by atoms with van der Waals surface area (Å²) < 4.78 is 0. The van der Waals surface area contributed by atoms with E-state index in [0.29, 0.717) is 78.4 Å². The minimum atomic E-state index is -0.221. The smallest absolute Gasteiger partial charge is 0.187 e. The van der Waals surface area contributed by atoms with Crippen LogP contribution >= 0.6 is 0 Å². The summed E-state index contributed by atoms with van der Waals surface area (Å²) in [6, 6.07) is 0. The third-order valence-electron chi connectivity index (χ3n) is 13.9. The van der Waals surface area contributed by atoms with Gasteiger partial charge in [-0.3, -0.25) is 42.5 Å². The highest BCUT2D eigenvalue weighted by Gasteiger charge is 2.55. The summed E-state index contributed by atoms with van der Waals surface area (Å²) in [5.74, 6) is 4.87. The molecule has 17 atom stereocenters. The van der Waals surface area contributed by atoms with Crippen molar-refractivity contribution in [3.05, 3.63) is 0 Å². The lowest BCUT2D eigenvalue weighted by Crippen LogP contribution is -2.62. The summed E-state index contributed by atoms with van der Waals surface area (Å²) >= 11 is 0. The van der Waals surface area contributed by atoms with Crippen molar-refractivity contribution in [2.24, 2.45) is 47.3 Å². The average Bonchev–Trinajstić information content (AvgIpc) is 3.73. The summed E-state index contributed by atoms with van der Waals surface area (Å²) in [6.07, 6.45) is 21.7. The molecule has 0 spiro atoms. The van der Waals surface area contributed by atoms with Crippen LogP contribution in [-0.4, -0.2) is 83.4 Å². The molecule has 5 aliphatic heterocycles. The molecule has 0 amide bonds. The standard InChI is InChI=1S/C32H56N8O.Al.H2O.3H/c41-23-15-7-14-22-24(23)32-39-30-21-13-6-5-12-20(21)28(37-30)35-26-17-9-2-1-8-16(17)25(33-26)34-27-18-10-3-4-11-19(18)29(36-27)38-31(22)40-32;;;;;/h16-41H,1-15H2;;1H2;;;. The van der Waals surface area contributed by atoms with Crippen molar-refractivity contribution in [1.82, 2.24) is 42.5 Å². The monoisotopic (exact) mass is 616 g/mol. The Morgan fingerprint density at radius 3 is 0.907 bits per heavy atom. The van der Waals surface area contributed by atoms with Crippen LogP contribution in [-0.2, 0) is 0 Å². The Balaban J connectivity index is 0.00000150. The summed E-state index contributed by atoms with van der Waals surface area (Å²) in [6.45, 7) is 0. The third-order valence-corrected chi connectivity index (χ3v) is 13.9. The van der Waals surface area contributed by atoms with Crippen LogP contribution in [0.2, 0.25) is 0 Å². The highest BCUT2D eigenvalue weighted by Crippen LogP contribution is 2.45. The van der Waals surface area contributed by atoms with Gasteiger partial charge in [0.1, 0.15) is 0 Å². The first kappa shape index (κ1) is 31.7. The number of hydrogen-bond acceptors (Lipinski definition) is 9. The van der Waals surface area contributed by atoms with Crippen molar-refractivity contribution >= 4 is 17.4 Å². The first-order valence-corrected chi connectivity index (χ1v) is 18.0. The van der Waals surface area contributed by atoms with Gasteiger partial charge in [-0.25, -0.2) is 0 Å². The third kappa shape index (κ3) is 5.49. The highest BCUT2D eigenvalue weighted by atomic mass is 27.0. The molecule has 244 valence electrons. The van der Waals surface area contributed by atoms with Crippen molar-refractivity contribution in [2.75, 3.05) is 0 Å². The lowest BCUT2D eigenvalue weighted by molar-refractivity contribution is 0.0244. The summed E-state index contributed by atoms with van der Waals surface area (Å²) in [7, 11) is 0. The summed E-state index contributed by atoms with van der Waals surface area (Å²) in [5.41, 5.74) is 0. The van der Waals surface area contributed by atoms with Gasteiger partial charge in [-0.2, -0.15) is 0 Å². The highest BCUT2D eigenvalue weighted by molar-refractivity contribution is 5.75. The van der Waals surface area contributed by atoms with Crippen molar-refractivity contribution in [3.63, 3.8) is 0 Å². The van der Waals surface area contributed by atoms with Gasteiger partial charge in [-0.05, 0) is 92.8 Å². The Bertz CT molecular complexity index is 964. The van der Waals surface area contributed by atoms with Crippen LogP contribution in [0.1, 0.15) is 96.3 Å². The van der Waals surface area contributed by atoms with E-state index in [9.17, 15) is 5.11 Å². The molecule has 10 nitrogen and oxygen atoms in total. The molecule has 17 unspecified atom stereocenters. The lowest BCUT2D eigenvalue weighted by atomic mass is 9.75. The largest absolute Gasteiger partial charge is 0.412 e. The zero-order valence-corrected chi connectivity index (χ0v) is 25.4. The molecule has 4 aliphatic carbocycles. The molecule has 11 N–H and O–H groups in total. The predicted molar refractivity (Wildman–Crippen MR) is 172 cm³/mol. The van der Waals surface area contributed by atoms with E-state index in [1.165, 1.54) is 83.5 Å². The van der Waals surface area contributed by atoms with Gasteiger partial charge in [0, 0.05) is 5.92 Å². The zero-order valence-electron chi connectivity index (χ0n) is 25.4. The Morgan fingerprint density at radius 1 is 0.326 bits per heavy atom. The van der Waals surface area contributed by atoms with Gasteiger partial charge in [-0.1, -0.05) is 44.9 Å². The maximum atomic E-state index is 11.4. The van der Waals surface area contributed by atoms with Crippen LogP contribution in [0.4, 0.5) is 0 Å². The van der Waals surface area contributed by atoms with Gasteiger partial charge in [0.2, 0.25) is 0 Å². The number of rotatable bonds is 0. The number of hydrogen-bond donors (Lipinski definition) is 9. The first-order chi connectivity index (χ1) is 20.2. The van der Waals surface area contributed by atoms with Gasteiger partial charge >= 0.3 is 0 Å². The molecular weight excluding hydrogens is 555 g/mol. The van der Waals surface area contributed by atoms with Crippen molar-refractivity contribution in [2.45, 2.75) is 152 Å². The maximum Gasteiger partial charge on any atom is 0.187 e. The van der Waals surface area contributed by atoms with Gasteiger partial charge < -0.3 is 10.6 Å². The maximum absolute atomic E-state index is 11.4. The van der Waals surface area contributed by atoms with Crippen molar-refractivity contribution in [3.8, 4) is 0 Å². The number of aliphatic hydroxyl groups is 1. The van der Waals surface area contributed by atoms with E-state index >= 15 is 0 Å². The number of fused-ring (bicyclic) bond motifs is 20. The van der Waals surface area contributed by atoms with Crippen LogP contribution in [0.25, 0.3) is 0 Å². The average molecular weight is 617 g/mol. The van der Waals surface area contributed by atoms with E-state index in [4.69, 9.17) is 0 Å². The molecule has 0 aromatic carbocycles. The zero-order chi connectivity index (χ0) is 27.1. The van der Waals surface area contributed by atoms with Crippen molar-refractivity contribution in [1.29, 1.82) is 0 Å². The van der Waals surface area contributed by atoms with Gasteiger partial charge in [0.15, 0.2) is 17.4 Å². The number of aliphatic hydroxyl groups excluding tert-OH is 1. The van der Waals surface area contributed by atoms with Crippen LogP contribution in [0.15, 0.2) is 0 Å². The fraction of sp³-hybridized carbons (Fsp3) is 1.00. The van der Waals surface area contributed by atoms with Crippen molar-refractivity contribution < 1.29 is 10.6 Å². The summed E-state index contributed by atoms with van der Waals surface area (Å²) in [4.78, 5) is 0. The van der Waals surface area contributed by atoms with Crippen LogP contribution in [0.5, 0.6) is 0 Å². The fourth-order valence-corrected chi connectivity index (χ4v) is 12.0. The van der Waals surface area contributed by atoms with Gasteiger partial charge in [0.05, 0.1) is 55.4 Å².